The lowest BCUT2D eigenvalue weighted by atomic mass is 9.73. The second-order valence-corrected chi connectivity index (χ2v) is 8.49. The molecule has 1 atom stereocenters. The van der Waals surface area contributed by atoms with E-state index in [1.165, 1.54) is 39.0 Å². The van der Waals surface area contributed by atoms with E-state index < -0.39 is 0 Å². The Kier molecular flexibility index (Phi) is 4.62. The SMILES string of the molecule is CCC1(CC)c2ccccc2-c2ccc(/C=C/C3=C4C=CCCC4N=CC3)cc21. The first-order chi connectivity index (χ1) is 14.3. The first-order valence-electron chi connectivity index (χ1n) is 11.1. The first-order valence-corrected chi connectivity index (χ1v) is 11.1. The van der Waals surface area contributed by atoms with Crippen molar-refractivity contribution in [2.75, 3.05) is 0 Å². The summed E-state index contributed by atoms with van der Waals surface area (Å²) in [6.07, 6.45) is 16.8. The third-order valence-electron chi connectivity index (χ3n) is 7.21. The molecule has 0 fully saturated rings. The molecular weight excluding hydrogens is 350 g/mol. The molecular formula is C28H29N. The number of hydrogen-bond acceptors (Lipinski definition) is 1. The summed E-state index contributed by atoms with van der Waals surface area (Å²) in [7, 11) is 0. The Bertz CT molecular complexity index is 1060. The molecule has 0 amide bonds. The van der Waals surface area contributed by atoms with Crippen LogP contribution in [0.25, 0.3) is 17.2 Å². The number of dihydropyridines is 1. The maximum atomic E-state index is 4.70. The molecule has 1 heteroatoms. The van der Waals surface area contributed by atoms with Gasteiger partial charge >= 0.3 is 0 Å². The molecule has 2 aliphatic carbocycles. The molecule has 0 saturated heterocycles. The zero-order valence-electron chi connectivity index (χ0n) is 17.5. The summed E-state index contributed by atoms with van der Waals surface area (Å²) in [5.74, 6) is 0. The Morgan fingerprint density at radius 3 is 2.69 bits per heavy atom. The number of hydrogen-bond donors (Lipinski definition) is 0. The fraction of sp³-hybridized carbons (Fsp3) is 0.321. The number of allylic oxidation sites excluding steroid dienone is 3. The Morgan fingerprint density at radius 2 is 1.83 bits per heavy atom. The van der Waals surface area contributed by atoms with E-state index in [1.807, 2.05) is 0 Å². The zero-order valence-corrected chi connectivity index (χ0v) is 17.5. The highest BCUT2D eigenvalue weighted by molar-refractivity contribution is 5.82. The second-order valence-electron chi connectivity index (χ2n) is 8.49. The van der Waals surface area contributed by atoms with Crippen LogP contribution in [0.4, 0.5) is 0 Å². The van der Waals surface area contributed by atoms with Crippen LogP contribution in [0.2, 0.25) is 0 Å². The molecule has 1 unspecified atom stereocenters. The Labute approximate surface area is 174 Å². The van der Waals surface area contributed by atoms with Crippen molar-refractivity contribution in [3.63, 3.8) is 0 Å². The van der Waals surface area contributed by atoms with E-state index in [1.54, 1.807) is 0 Å². The molecule has 0 aromatic heterocycles. The van der Waals surface area contributed by atoms with Gasteiger partial charge in [0.05, 0.1) is 6.04 Å². The van der Waals surface area contributed by atoms with Gasteiger partial charge in [-0.15, -0.1) is 0 Å². The Morgan fingerprint density at radius 1 is 1.00 bits per heavy atom. The largest absolute Gasteiger partial charge is 0.289 e. The molecule has 5 rings (SSSR count). The van der Waals surface area contributed by atoms with Gasteiger partial charge in [-0.2, -0.15) is 0 Å². The van der Waals surface area contributed by atoms with Crippen molar-refractivity contribution >= 4 is 12.3 Å². The molecule has 1 aliphatic heterocycles. The normalized spacial score (nSPS) is 21.4. The molecule has 0 spiro atoms. The highest BCUT2D eigenvalue weighted by Gasteiger charge is 2.40. The summed E-state index contributed by atoms with van der Waals surface area (Å²) < 4.78 is 0. The fourth-order valence-electron chi connectivity index (χ4n) is 5.55. The third kappa shape index (κ3) is 2.87. The molecule has 1 nitrogen and oxygen atoms in total. The van der Waals surface area contributed by atoms with Crippen molar-refractivity contribution in [3.05, 3.63) is 88.5 Å². The molecule has 0 bridgehead atoms. The van der Waals surface area contributed by atoms with Crippen molar-refractivity contribution < 1.29 is 0 Å². The lowest BCUT2D eigenvalue weighted by Gasteiger charge is -2.29. The van der Waals surface area contributed by atoms with Crippen LogP contribution in [0.5, 0.6) is 0 Å². The number of fused-ring (bicyclic) bond motifs is 4. The standard InChI is InChI=1S/C28H29N/c1-3-28(4-2)25-11-7-5-10-23(25)24-16-14-20(19-26(24)28)13-15-21-17-18-29-27-12-8-6-9-22(21)27/h5-7,9-11,13-16,18-19,27H,3-4,8,12,17H2,1-2H3/b15-13+. The van der Waals surface area contributed by atoms with Crippen molar-refractivity contribution in [1.82, 2.24) is 0 Å². The maximum Gasteiger partial charge on any atom is 0.0750 e. The van der Waals surface area contributed by atoms with E-state index in [9.17, 15) is 0 Å². The van der Waals surface area contributed by atoms with E-state index in [4.69, 9.17) is 4.99 Å². The summed E-state index contributed by atoms with van der Waals surface area (Å²) in [5, 5.41) is 0. The van der Waals surface area contributed by atoms with Crippen LogP contribution < -0.4 is 0 Å². The van der Waals surface area contributed by atoms with Gasteiger partial charge in [-0.25, -0.2) is 0 Å². The summed E-state index contributed by atoms with van der Waals surface area (Å²) >= 11 is 0. The van der Waals surface area contributed by atoms with Crippen LogP contribution in [-0.4, -0.2) is 12.3 Å². The highest BCUT2D eigenvalue weighted by Crippen LogP contribution is 2.52. The van der Waals surface area contributed by atoms with Crippen LogP contribution in [0.3, 0.4) is 0 Å². The molecule has 0 N–H and O–H groups in total. The predicted molar refractivity (Wildman–Crippen MR) is 125 cm³/mol. The van der Waals surface area contributed by atoms with Gasteiger partial charge in [-0.3, -0.25) is 4.99 Å². The molecule has 0 radical (unpaired) electrons. The Balaban J connectivity index is 1.55. The van der Waals surface area contributed by atoms with Gasteiger partial charge in [0.25, 0.3) is 0 Å². The van der Waals surface area contributed by atoms with Crippen LogP contribution in [0.1, 0.15) is 62.6 Å². The van der Waals surface area contributed by atoms with Gasteiger partial charge in [0.15, 0.2) is 0 Å². The van der Waals surface area contributed by atoms with Crippen molar-refractivity contribution in [1.29, 1.82) is 0 Å². The average Bonchev–Trinajstić information content (AvgIpc) is 3.07. The second kappa shape index (κ2) is 7.30. The number of aliphatic imine (C=N–C) groups is 1. The van der Waals surface area contributed by atoms with Crippen LogP contribution >= 0.6 is 0 Å². The van der Waals surface area contributed by atoms with Gasteiger partial charge in [0, 0.05) is 18.1 Å². The van der Waals surface area contributed by atoms with E-state index >= 15 is 0 Å². The average molecular weight is 380 g/mol. The van der Waals surface area contributed by atoms with Gasteiger partial charge in [-0.05, 0) is 64.6 Å². The van der Waals surface area contributed by atoms with E-state index in [2.05, 4.69) is 86.8 Å². The third-order valence-corrected chi connectivity index (χ3v) is 7.21. The first kappa shape index (κ1) is 18.4. The van der Waals surface area contributed by atoms with Gasteiger partial charge in [0.1, 0.15) is 0 Å². The van der Waals surface area contributed by atoms with E-state index in [-0.39, 0.29) is 5.41 Å². The van der Waals surface area contributed by atoms with Gasteiger partial charge in [-0.1, -0.05) is 80.6 Å². The molecule has 2 aromatic carbocycles. The van der Waals surface area contributed by atoms with Crippen molar-refractivity contribution in [2.24, 2.45) is 4.99 Å². The van der Waals surface area contributed by atoms with Crippen molar-refractivity contribution in [2.45, 2.75) is 57.4 Å². The fourth-order valence-corrected chi connectivity index (χ4v) is 5.55. The van der Waals surface area contributed by atoms with E-state index in [0.717, 1.165) is 32.1 Å². The van der Waals surface area contributed by atoms with Gasteiger partial charge in [0.2, 0.25) is 0 Å². The molecule has 146 valence electrons. The minimum Gasteiger partial charge on any atom is -0.289 e. The topological polar surface area (TPSA) is 12.4 Å². The van der Waals surface area contributed by atoms with E-state index in [0.29, 0.717) is 6.04 Å². The molecule has 0 saturated carbocycles. The molecule has 29 heavy (non-hydrogen) atoms. The Hall–Kier alpha value is -2.67. The maximum absolute atomic E-state index is 4.70. The lowest BCUT2D eigenvalue weighted by Crippen LogP contribution is -2.23. The molecule has 3 aliphatic rings. The van der Waals surface area contributed by atoms with Crippen molar-refractivity contribution in [3.8, 4) is 11.1 Å². The predicted octanol–water partition coefficient (Wildman–Crippen LogP) is 7.28. The van der Waals surface area contributed by atoms with Crippen LogP contribution in [0, 0.1) is 0 Å². The number of rotatable bonds is 4. The lowest BCUT2D eigenvalue weighted by molar-refractivity contribution is 0.490. The summed E-state index contributed by atoms with van der Waals surface area (Å²) in [6.45, 7) is 4.67. The smallest absolute Gasteiger partial charge is 0.0750 e. The summed E-state index contributed by atoms with van der Waals surface area (Å²) in [5.41, 5.74) is 10.1. The molecule has 2 aromatic rings. The minimum absolute atomic E-state index is 0.145. The quantitative estimate of drug-likeness (QED) is 0.529. The number of nitrogens with zero attached hydrogens (tertiary/aromatic N) is 1. The minimum atomic E-state index is 0.145. The summed E-state index contributed by atoms with van der Waals surface area (Å²) in [6, 6.07) is 16.4. The van der Waals surface area contributed by atoms with Crippen LogP contribution in [0.15, 0.2) is 76.8 Å². The summed E-state index contributed by atoms with van der Waals surface area (Å²) in [4.78, 5) is 4.70. The highest BCUT2D eigenvalue weighted by atomic mass is 14.8. The zero-order chi connectivity index (χ0) is 19.8. The monoisotopic (exact) mass is 379 g/mol. The van der Waals surface area contributed by atoms with Gasteiger partial charge < -0.3 is 0 Å². The van der Waals surface area contributed by atoms with Crippen LogP contribution in [-0.2, 0) is 5.41 Å². The number of benzene rings is 2. The molecule has 1 heterocycles.